The van der Waals surface area contributed by atoms with Crippen LogP contribution in [0.4, 0.5) is 11.5 Å². The summed E-state index contributed by atoms with van der Waals surface area (Å²) < 4.78 is 7.54. The Balaban J connectivity index is 1.56. The lowest BCUT2D eigenvalue weighted by atomic mass is 10.1. The quantitative estimate of drug-likeness (QED) is 0.452. The number of primary amides is 1. The molecule has 3 aromatic carbocycles. The summed E-state index contributed by atoms with van der Waals surface area (Å²) >= 11 is 0. The van der Waals surface area contributed by atoms with Gasteiger partial charge in [0.15, 0.2) is 0 Å². The largest absolute Gasteiger partial charge is 0.457 e. The molecule has 30 heavy (non-hydrogen) atoms. The molecule has 0 spiro atoms. The molecule has 0 aliphatic carbocycles. The number of rotatable bonds is 4. The minimum Gasteiger partial charge on any atom is -0.457 e. The molecular weight excluding hydrogens is 378 g/mol. The standard InChI is InChI=1S/C23H19N5O2/c24-16-9-6-15-13-26-23-20(22(25)29)21(27-28(23)19(15)12-16)14-7-10-18(11-8-14)30-17-4-2-1-3-5-17/h1-12,26H,13,24H2,(H2,25,29). The van der Waals surface area contributed by atoms with Crippen LogP contribution in [0.3, 0.4) is 0 Å². The number of nitrogen functional groups attached to an aromatic ring is 1. The van der Waals surface area contributed by atoms with Gasteiger partial charge in [0.25, 0.3) is 5.91 Å². The van der Waals surface area contributed by atoms with Crippen molar-refractivity contribution in [3.05, 3.63) is 83.9 Å². The van der Waals surface area contributed by atoms with Crippen molar-refractivity contribution in [1.82, 2.24) is 9.78 Å². The molecular formula is C23H19N5O2. The van der Waals surface area contributed by atoms with Crippen LogP contribution in [-0.2, 0) is 6.54 Å². The average Bonchev–Trinajstić information content (AvgIpc) is 3.15. The normalized spacial score (nSPS) is 11.9. The molecule has 0 atom stereocenters. The number of ether oxygens (including phenoxy) is 1. The highest BCUT2D eigenvalue weighted by Gasteiger charge is 2.27. The van der Waals surface area contributed by atoms with Gasteiger partial charge in [-0.25, -0.2) is 4.68 Å². The molecule has 148 valence electrons. The molecule has 4 aromatic rings. The lowest BCUT2D eigenvalue weighted by molar-refractivity contribution is 0.100. The molecule has 5 N–H and O–H groups in total. The summed E-state index contributed by atoms with van der Waals surface area (Å²) in [6, 6.07) is 22.6. The number of nitrogens with two attached hydrogens (primary N) is 2. The number of para-hydroxylation sites is 1. The van der Waals surface area contributed by atoms with Crippen LogP contribution >= 0.6 is 0 Å². The third-order valence-corrected chi connectivity index (χ3v) is 5.02. The minimum absolute atomic E-state index is 0.347. The second kappa shape index (κ2) is 6.97. The minimum atomic E-state index is -0.546. The molecule has 0 fully saturated rings. The molecule has 5 rings (SSSR count). The fourth-order valence-corrected chi connectivity index (χ4v) is 3.60. The summed E-state index contributed by atoms with van der Waals surface area (Å²) in [7, 11) is 0. The van der Waals surface area contributed by atoms with E-state index in [-0.39, 0.29) is 0 Å². The van der Waals surface area contributed by atoms with E-state index in [0.29, 0.717) is 35.1 Å². The first-order chi connectivity index (χ1) is 14.6. The van der Waals surface area contributed by atoms with E-state index in [0.717, 1.165) is 22.6 Å². The van der Waals surface area contributed by atoms with Gasteiger partial charge in [0, 0.05) is 17.8 Å². The number of amides is 1. The molecule has 1 amide bonds. The third-order valence-electron chi connectivity index (χ3n) is 5.02. The highest BCUT2D eigenvalue weighted by molar-refractivity contribution is 6.04. The lowest BCUT2D eigenvalue weighted by Gasteiger charge is -2.20. The highest BCUT2D eigenvalue weighted by atomic mass is 16.5. The molecule has 1 aromatic heterocycles. The number of hydrogen-bond acceptors (Lipinski definition) is 5. The number of hydrogen-bond donors (Lipinski definition) is 3. The molecule has 0 radical (unpaired) electrons. The maximum absolute atomic E-state index is 12.3. The first-order valence-electron chi connectivity index (χ1n) is 9.49. The SMILES string of the molecule is NC(=O)c1c(-c2ccc(Oc3ccccc3)cc2)nn2c1NCc1ccc(N)cc1-2. The number of nitrogens with one attached hydrogen (secondary N) is 1. The van der Waals surface area contributed by atoms with Gasteiger partial charge < -0.3 is 21.5 Å². The molecule has 0 bridgehead atoms. The summed E-state index contributed by atoms with van der Waals surface area (Å²) in [4.78, 5) is 12.3. The molecule has 0 unspecified atom stereocenters. The van der Waals surface area contributed by atoms with E-state index in [1.54, 1.807) is 4.68 Å². The van der Waals surface area contributed by atoms with E-state index in [4.69, 9.17) is 21.3 Å². The van der Waals surface area contributed by atoms with Gasteiger partial charge in [-0.1, -0.05) is 24.3 Å². The van der Waals surface area contributed by atoms with Crippen LogP contribution in [0.5, 0.6) is 11.5 Å². The predicted octanol–water partition coefficient (Wildman–Crippen LogP) is 3.94. The van der Waals surface area contributed by atoms with Gasteiger partial charge in [-0.2, -0.15) is 5.10 Å². The first-order valence-corrected chi connectivity index (χ1v) is 9.49. The fraction of sp³-hybridized carbons (Fsp3) is 0.0435. The monoisotopic (exact) mass is 397 g/mol. The second-order valence-electron chi connectivity index (χ2n) is 7.03. The number of benzene rings is 3. The Morgan fingerprint density at radius 1 is 1.00 bits per heavy atom. The maximum atomic E-state index is 12.3. The van der Waals surface area contributed by atoms with Crippen molar-refractivity contribution in [3.8, 4) is 28.4 Å². The number of carbonyl (C=O) groups excluding carboxylic acids is 1. The van der Waals surface area contributed by atoms with Crippen molar-refractivity contribution < 1.29 is 9.53 Å². The smallest absolute Gasteiger partial charge is 0.254 e. The van der Waals surface area contributed by atoms with Crippen LogP contribution < -0.4 is 21.5 Å². The van der Waals surface area contributed by atoms with E-state index in [9.17, 15) is 4.79 Å². The van der Waals surface area contributed by atoms with Crippen LogP contribution in [0.15, 0.2) is 72.8 Å². The Kier molecular flexibility index (Phi) is 4.14. The van der Waals surface area contributed by atoms with Crippen molar-refractivity contribution in [2.24, 2.45) is 5.73 Å². The Morgan fingerprint density at radius 2 is 1.73 bits per heavy atom. The van der Waals surface area contributed by atoms with E-state index >= 15 is 0 Å². The molecule has 7 heteroatoms. The molecule has 7 nitrogen and oxygen atoms in total. The zero-order chi connectivity index (χ0) is 20.7. The Morgan fingerprint density at radius 3 is 2.47 bits per heavy atom. The number of anilines is 2. The van der Waals surface area contributed by atoms with Gasteiger partial charge in [-0.05, 0) is 54.1 Å². The summed E-state index contributed by atoms with van der Waals surface area (Å²) in [5.74, 6) is 1.46. The molecule has 0 saturated heterocycles. The second-order valence-corrected chi connectivity index (χ2v) is 7.03. The number of carbonyl (C=O) groups is 1. The van der Waals surface area contributed by atoms with Crippen molar-refractivity contribution >= 4 is 17.4 Å². The van der Waals surface area contributed by atoms with Crippen molar-refractivity contribution in [2.75, 3.05) is 11.1 Å². The zero-order valence-electron chi connectivity index (χ0n) is 16.0. The molecule has 2 heterocycles. The topological polar surface area (TPSA) is 108 Å². The van der Waals surface area contributed by atoms with Crippen molar-refractivity contribution in [3.63, 3.8) is 0 Å². The van der Waals surface area contributed by atoms with Gasteiger partial charge in [0.05, 0.1) is 5.69 Å². The average molecular weight is 397 g/mol. The van der Waals surface area contributed by atoms with E-state index in [2.05, 4.69) is 5.32 Å². The zero-order valence-corrected chi connectivity index (χ0v) is 16.0. The van der Waals surface area contributed by atoms with Crippen molar-refractivity contribution in [2.45, 2.75) is 6.54 Å². The third kappa shape index (κ3) is 3.02. The lowest BCUT2D eigenvalue weighted by Crippen LogP contribution is -2.19. The van der Waals surface area contributed by atoms with E-state index in [1.165, 1.54) is 0 Å². The fourth-order valence-electron chi connectivity index (χ4n) is 3.60. The van der Waals surface area contributed by atoms with Crippen LogP contribution in [0.25, 0.3) is 16.9 Å². The number of fused-ring (bicyclic) bond motifs is 3. The Hall–Kier alpha value is -4.26. The van der Waals surface area contributed by atoms with Gasteiger partial charge in [0.1, 0.15) is 28.6 Å². The Labute approximate surface area is 172 Å². The number of nitrogens with zero attached hydrogens (tertiary/aromatic N) is 2. The summed E-state index contributed by atoms with van der Waals surface area (Å²) in [5.41, 5.74) is 15.8. The predicted molar refractivity (Wildman–Crippen MR) is 116 cm³/mol. The van der Waals surface area contributed by atoms with Gasteiger partial charge in [-0.15, -0.1) is 0 Å². The van der Waals surface area contributed by atoms with Crippen LogP contribution in [0, 0.1) is 0 Å². The van der Waals surface area contributed by atoms with Gasteiger partial charge >= 0.3 is 0 Å². The summed E-state index contributed by atoms with van der Waals surface area (Å²) in [6.45, 7) is 0.560. The first kappa shape index (κ1) is 17.8. The number of aromatic nitrogens is 2. The highest BCUT2D eigenvalue weighted by Crippen LogP contribution is 2.36. The molecule has 0 saturated carbocycles. The molecule has 1 aliphatic rings. The summed E-state index contributed by atoms with van der Waals surface area (Å²) in [6.07, 6.45) is 0. The Bertz CT molecular complexity index is 1250. The van der Waals surface area contributed by atoms with Crippen LogP contribution in [-0.4, -0.2) is 15.7 Å². The molecule has 1 aliphatic heterocycles. The van der Waals surface area contributed by atoms with Gasteiger partial charge in [-0.3, -0.25) is 4.79 Å². The maximum Gasteiger partial charge on any atom is 0.254 e. The van der Waals surface area contributed by atoms with E-state index in [1.807, 2.05) is 72.8 Å². The van der Waals surface area contributed by atoms with Crippen LogP contribution in [0.1, 0.15) is 15.9 Å². The van der Waals surface area contributed by atoms with E-state index < -0.39 is 5.91 Å². The van der Waals surface area contributed by atoms with Crippen LogP contribution in [0.2, 0.25) is 0 Å². The summed E-state index contributed by atoms with van der Waals surface area (Å²) in [5, 5.41) is 7.95. The van der Waals surface area contributed by atoms with Crippen molar-refractivity contribution in [1.29, 1.82) is 0 Å². The van der Waals surface area contributed by atoms with Gasteiger partial charge in [0.2, 0.25) is 0 Å².